The number of hydrogen-bond donors (Lipinski definition) is 0. The molecule has 0 N–H and O–H groups in total. The van der Waals surface area contributed by atoms with E-state index in [2.05, 4.69) is 0 Å². The third-order valence-electron chi connectivity index (χ3n) is 2.99. The third kappa shape index (κ3) is 2.89. The zero-order chi connectivity index (χ0) is 14.5. The summed E-state index contributed by atoms with van der Waals surface area (Å²) in [7, 11) is 4.61. The first-order valence-electron chi connectivity index (χ1n) is 6.14. The normalized spacial score (nSPS) is 10.6. The summed E-state index contributed by atoms with van der Waals surface area (Å²) in [6.45, 7) is 0.191. The highest BCUT2D eigenvalue weighted by atomic mass is 16.7. The smallest absolute Gasteiger partial charge is 0.277 e. The first-order valence-corrected chi connectivity index (χ1v) is 6.14. The average molecular weight is 275 g/mol. The number of ether oxygens (including phenoxy) is 2. The summed E-state index contributed by atoms with van der Waals surface area (Å²) in [4.78, 5) is 17.1. The Bertz CT molecular complexity index is 612. The number of hydrogen-bond acceptors (Lipinski definition) is 4. The summed E-state index contributed by atoms with van der Waals surface area (Å²) < 4.78 is 10.3. The predicted molar refractivity (Wildman–Crippen MR) is 75.6 cm³/mol. The topological polar surface area (TPSA) is 48.0 Å². The number of hydroxylamine groups is 2. The molecule has 0 fully saturated rings. The van der Waals surface area contributed by atoms with Crippen LogP contribution in [-0.4, -0.2) is 39.0 Å². The Morgan fingerprint density at radius 3 is 2.70 bits per heavy atom. The molecule has 0 aliphatic rings. The van der Waals surface area contributed by atoms with Crippen LogP contribution < -0.4 is 4.74 Å². The quantitative estimate of drug-likeness (QED) is 0.621. The van der Waals surface area contributed by atoms with Crippen LogP contribution >= 0.6 is 0 Å². The number of amides is 1. The van der Waals surface area contributed by atoms with E-state index in [1.165, 1.54) is 12.2 Å². The van der Waals surface area contributed by atoms with Gasteiger partial charge in [0.15, 0.2) is 6.79 Å². The van der Waals surface area contributed by atoms with Crippen LogP contribution in [0.1, 0.15) is 10.4 Å². The molecule has 0 bridgehead atoms. The summed E-state index contributed by atoms with van der Waals surface area (Å²) in [5, 5.41) is 2.98. The molecule has 0 aliphatic carbocycles. The van der Waals surface area contributed by atoms with E-state index < -0.39 is 0 Å². The molecule has 0 spiro atoms. The second-order valence-electron chi connectivity index (χ2n) is 4.22. The van der Waals surface area contributed by atoms with Gasteiger partial charge < -0.3 is 9.47 Å². The fourth-order valence-corrected chi connectivity index (χ4v) is 1.92. The standard InChI is InChI=1S/C15H17NO4/c1-16(19-3)15(17)14-6-4-5-11-9-12(20-10-18-2)7-8-13(11)14/h4-9H,10H2,1-3H3. The van der Waals surface area contributed by atoms with E-state index in [1.54, 1.807) is 20.2 Å². The molecule has 0 aliphatic heterocycles. The summed E-state index contributed by atoms with van der Waals surface area (Å²) in [5.41, 5.74) is 0.588. The maximum Gasteiger partial charge on any atom is 0.277 e. The van der Waals surface area contributed by atoms with Crippen LogP contribution in [0.15, 0.2) is 36.4 Å². The predicted octanol–water partition coefficient (Wildman–Crippen LogP) is 2.46. The van der Waals surface area contributed by atoms with Crippen molar-refractivity contribution in [2.75, 3.05) is 28.1 Å². The zero-order valence-corrected chi connectivity index (χ0v) is 11.8. The van der Waals surface area contributed by atoms with Gasteiger partial charge >= 0.3 is 0 Å². The van der Waals surface area contributed by atoms with Crippen molar-refractivity contribution in [3.63, 3.8) is 0 Å². The molecule has 0 unspecified atom stereocenters. The van der Waals surface area contributed by atoms with Crippen molar-refractivity contribution in [1.82, 2.24) is 5.06 Å². The number of benzene rings is 2. The van der Waals surface area contributed by atoms with Gasteiger partial charge in [-0.05, 0) is 35.0 Å². The highest BCUT2D eigenvalue weighted by Crippen LogP contribution is 2.24. The van der Waals surface area contributed by atoms with Crippen LogP contribution in [0.3, 0.4) is 0 Å². The summed E-state index contributed by atoms with van der Waals surface area (Å²) in [6.07, 6.45) is 0. The van der Waals surface area contributed by atoms with Gasteiger partial charge in [0.2, 0.25) is 0 Å². The van der Waals surface area contributed by atoms with Crippen LogP contribution in [0, 0.1) is 0 Å². The Kier molecular flexibility index (Phi) is 4.55. The monoisotopic (exact) mass is 275 g/mol. The Balaban J connectivity index is 2.40. The summed E-state index contributed by atoms with van der Waals surface area (Å²) >= 11 is 0. The molecular weight excluding hydrogens is 258 g/mol. The van der Waals surface area contributed by atoms with Crippen molar-refractivity contribution in [1.29, 1.82) is 0 Å². The molecule has 0 aromatic heterocycles. The van der Waals surface area contributed by atoms with E-state index in [4.69, 9.17) is 14.3 Å². The molecule has 1 amide bonds. The minimum Gasteiger partial charge on any atom is -0.468 e. The number of methoxy groups -OCH3 is 1. The van der Waals surface area contributed by atoms with Gasteiger partial charge in [0.25, 0.3) is 5.91 Å². The van der Waals surface area contributed by atoms with E-state index in [1.807, 2.05) is 30.3 Å². The van der Waals surface area contributed by atoms with Crippen LogP contribution in [0.4, 0.5) is 0 Å². The second kappa shape index (κ2) is 6.36. The van der Waals surface area contributed by atoms with Gasteiger partial charge in [-0.25, -0.2) is 5.06 Å². The van der Waals surface area contributed by atoms with Gasteiger partial charge in [0.05, 0.1) is 7.11 Å². The molecule has 2 rings (SSSR count). The highest BCUT2D eigenvalue weighted by Gasteiger charge is 2.14. The van der Waals surface area contributed by atoms with Gasteiger partial charge in [-0.3, -0.25) is 9.63 Å². The van der Waals surface area contributed by atoms with E-state index in [0.29, 0.717) is 11.3 Å². The highest BCUT2D eigenvalue weighted by molar-refractivity contribution is 6.06. The fraction of sp³-hybridized carbons (Fsp3) is 0.267. The number of nitrogens with zero attached hydrogens (tertiary/aromatic N) is 1. The largest absolute Gasteiger partial charge is 0.468 e. The van der Waals surface area contributed by atoms with Crippen LogP contribution in [0.25, 0.3) is 10.8 Å². The lowest BCUT2D eigenvalue weighted by Gasteiger charge is -2.15. The second-order valence-corrected chi connectivity index (χ2v) is 4.22. The molecule has 0 heterocycles. The minimum atomic E-state index is -0.191. The third-order valence-corrected chi connectivity index (χ3v) is 2.99. The summed E-state index contributed by atoms with van der Waals surface area (Å²) in [6, 6.07) is 11.1. The average Bonchev–Trinajstić information content (AvgIpc) is 2.50. The molecule has 0 radical (unpaired) electrons. The van der Waals surface area contributed by atoms with Crippen LogP contribution in [0.5, 0.6) is 5.75 Å². The number of fused-ring (bicyclic) bond motifs is 1. The van der Waals surface area contributed by atoms with Gasteiger partial charge in [-0.1, -0.05) is 12.1 Å². The van der Waals surface area contributed by atoms with E-state index in [-0.39, 0.29) is 12.7 Å². The molecule has 20 heavy (non-hydrogen) atoms. The molecule has 2 aromatic rings. The van der Waals surface area contributed by atoms with Gasteiger partial charge in [-0.15, -0.1) is 0 Å². The Morgan fingerprint density at radius 1 is 1.20 bits per heavy atom. The SMILES string of the molecule is COCOc1ccc2c(C(=O)N(C)OC)cccc2c1. The maximum absolute atomic E-state index is 12.2. The van der Waals surface area contributed by atoms with Gasteiger partial charge in [0, 0.05) is 19.7 Å². The minimum absolute atomic E-state index is 0.191. The first-order chi connectivity index (χ1) is 9.67. The Morgan fingerprint density at radius 2 is 2.00 bits per heavy atom. The maximum atomic E-state index is 12.2. The molecule has 5 nitrogen and oxygen atoms in total. The van der Waals surface area contributed by atoms with E-state index >= 15 is 0 Å². The lowest BCUT2D eigenvalue weighted by molar-refractivity contribution is -0.0755. The lowest BCUT2D eigenvalue weighted by Crippen LogP contribution is -2.25. The first kappa shape index (κ1) is 14.3. The lowest BCUT2D eigenvalue weighted by atomic mass is 10.0. The summed E-state index contributed by atoms with van der Waals surface area (Å²) in [5.74, 6) is 0.507. The number of rotatable bonds is 5. The van der Waals surface area contributed by atoms with Crippen molar-refractivity contribution in [2.24, 2.45) is 0 Å². The van der Waals surface area contributed by atoms with E-state index in [9.17, 15) is 4.79 Å². The number of carbonyl (C=O) groups excluding carboxylic acids is 1. The Labute approximate surface area is 117 Å². The van der Waals surface area contributed by atoms with Crippen molar-refractivity contribution < 1.29 is 19.1 Å². The molecule has 0 saturated heterocycles. The van der Waals surface area contributed by atoms with Gasteiger partial charge in [0.1, 0.15) is 5.75 Å². The Hall–Kier alpha value is -2.11. The van der Waals surface area contributed by atoms with Crippen LogP contribution in [-0.2, 0) is 9.57 Å². The van der Waals surface area contributed by atoms with Crippen molar-refractivity contribution >= 4 is 16.7 Å². The van der Waals surface area contributed by atoms with Gasteiger partial charge in [-0.2, -0.15) is 0 Å². The molecule has 0 saturated carbocycles. The molecular formula is C15H17NO4. The molecule has 0 atom stereocenters. The van der Waals surface area contributed by atoms with Crippen molar-refractivity contribution in [3.05, 3.63) is 42.0 Å². The molecule has 106 valence electrons. The number of carbonyl (C=O) groups is 1. The van der Waals surface area contributed by atoms with Crippen molar-refractivity contribution in [3.8, 4) is 5.75 Å². The molecule has 2 aromatic carbocycles. The van der Waals surface area contributed by atoms with E-state index in [0.717, 1.165) is 10.8 Å². The zero-order valence-electron chi connectivity index (χ0n) is 11.8. The van der Waals surface area contributed by atoms with Crippen molar-refractivity contribution in [2.45, 2.75) is 0 Å². The fourth-order valence-electron chi connectivity index (χ4n) is 1.92. The molecule has 5 heteroatoms. The van der Waals surface area contributed by atoms with Crippen LogP contribution in [0.2, 0.25) is 0 Å².